The van der Waals surface area contributed by atoms with E-state index in [0.717, 1.165) is 4.90 Å². The van der Waals surface area contributed by atoms with Gasteiger partial charge in [-0.1, -0.05) is 0 Å². The van der Waals surface area contributed by atoms with Crippen LogP contribution in [0.2, 0.25) is 0 Å². The molecule has 0 spiro atoms. The van der Waals surface area contributed by atoms with Crippen LogP contribution in [0.3, 0.4) is 0 Å². The smallest absolute Gasteiger partial charge is 0.310 e. The molecule has 2 unspecified atom stereocenters. The number of nitrogens with one attached hydrogen (secondary N) is 1. The number of amides is 3. The van der Waals surface area contributed by atoms with Crippen molar-refractivity contribution in [2.24, 2.45) is 5.92 Å². The number of aliphatic hydroxyl groups excluding tert-OH is 1. The Morgan fingerprint density at radius 1 is 1.12 bits per heavy atom. The maximum atomic E-state index is 12.8. The summed E-state index contributed by atoms with van der Waals surface area (Å²) in [6, 6.07) is 4.02. The zero-order valence-electron chi connectivity index (χ0n) is 13.7. The minimum atomic E-state index is -1.29. The lowest BCUT2D eigenvalue weighted by Crippen LogP contribution is -2.57. The van der Waals surface area contributed by atoms with Crippen LogP contribution in [0.15, 0.2) is 18.2 Å². The first kappa shape index (κ1) is 16.5. The summed E-state index contributed by atoms with van der Waals surface area (Å²) in [6.07, 6.45) is -0.952. The molecule has 3 heterocycles. The Hall–Kier alpha value is -2.94. The van der Waals surface area contributed by atoms with Gasteiger partial charge in [0.2, 0.25) is 5.91 Å². The first-order valence-electron chi connectivity index (χ1n) is 8.34. The normalized spacial score (nSPS) is 25.8. The van der Waals surface area contributed by atoms with E-state index in [1.165, 1.54) is 0 Å². The SMILES string of the molecule is O=C1CCC(N2C(=O)c3ccc(N4CC(C(=O)O)C4)cc3C2=O)C(O)N1. The van der Waals surface area contributed by atoms with Gasteiger partial charge in [-0.2, -0.15) is 0 Å². The predicted octanol–water partition coefficient (Wildman–Crippen LogP) is -0.600. The van der Waals surface area contributed by atoms with Crippen LogP contribution in [0.4, 0.5) is 5.69 Å². The second kappa shape index (κ2) is 5.80. The summed E-state index contributed by atoms with van der Waals surface area (Å²) < 4.78 is 0. The number of fused-ring (bicyclic) bond motifs is 1. The minimum absolute atomic E-state index is 0.130. The van der Waals surface area contributed by atoms with E-state index in [2.05, 4.69) is 5.32 Å². The summed E-state index contributed by atoms with van der Waals surface area (Å²) in [6.45, 7) is 0.709. The van der Waals surface area contributed by atoms with Crippen LogP contribution in [-0.4, -0.2) is 64.2 Å². The molecule has 0 bridgehead atoms. The first-order valence-corrected chi connectivity index (χ1v) is 8.34. The summed E-state index contributed by atoms with van der Waals surface area (Å²) in [7, 11) is 0. The van der Waals surface area contributed by atoms with E-state index in [0.29, 0.717) is 18.8 Å². The number of aliphatic hydroxyl groups is 1. The van der Waals surface area contributed by atoms with Gasteiger partial charge in [-0.3, -0.25) is 24.1 Å². The van der Waals surface area contributed by atoms with Crippen molar-refractivity contribution in [2.75, 3.05) is 18.0 Å². The summed E-state index contributed by atoms with van der Waals surface area (Å²) in [4.78, 5) is 50.5. The monoisotopic (exact) mass is 359 g/mol. The average Bonchev–Trinajstić information content (AvgIpc) is 2.78. The zero-order valence-corrected chi connectivity index (χ0v) is 13.7. The number of hydrogen-bond acceptors (Lipinski definition) is 6. The molecule has 0 aromatic heterocycles. The third-order valence-corrected chi connectivity index (χ3v) is 5.17. The van der Waals surface area contributed by atoms with Gasteiger partial charge < -0.3 is 20.4 Å². The van der Waals surface area contributed by atoms with E-state index >= 15 is 0 Å². The van der Waals surface area contributed by atoms with Crippen LogP contribution < -0.4 is 10.2 Å². The molecule has 3 amide bonds. The minimum Gasteiger partial charge on any atom is -0.481 e. The molecule has 0 radical (unpaired) electrons. The summed E-state index contributed by atoms with van der Waals surface area (Å²) in [5, 5.41) is 21.4. The molecule has 2 atom stereocenters. The number of benzene rings is 1. The Morgan fingerprint density at radius 2 is 1.81 bits per heavy atom. The second-order valence-electron chi connectivity index (χ2n) is 6.77. The van der Waals surface area contributed by atoms with Crippen LogP contribution in [0.1, 0.15) is 33.6 Å². The standard InChI is InChI=1S/C17H17N3O6/c21-13-4-3-12(14(22)18-13)20-15(23)10-2-1-9(5-11(10)16(20)24)19-6-8(7-19)17(25)26/h1-2,5,8,12,14,22H,3-4,6-7H2,(H,18,21)(H,25,26). The van der Waals surface area contributed by atoms with Gasteiger partial charge in [-0.25, -0.2) is 0 Å². The van der Waals surface area contributed by atoms with Crippen LogP contribution in [-0.2, 0) is 9.59 Å². The van der Waals surface area contributed by atoms with Crippen LogP contribution in [0.5, 0.6) is 0 Å². The van der Waals surface area contributed by atoms with Crippen molar-refractivity contribution in [1.82, 2.24) is 10.2 Å². The number of rotatable bonds is 3. The fourth-order valence-electron chi connectivity index (χ4n) is 3.63. The molecule has 3 aliphatic heterocycles. The van der Waals surface area contributed by atoms with Gasteiger partial charge in [0.1, 0.15) is 6.23 Å². The molecule has 136 valence electrons. The van der Waals surface area contributed by atoms with E-state index in [4.69, 9.17) is 5.11 Å². The van der Waals surface area contributed by atoms with Crippen LogP contribution in [0.25, 0.3) is 0 Å². The largest absolute Gasteiger partial charge is 0.481 e. The molecule has 9 nitrogen and oxygen atoms in total. The van der Waals surface area contributed by atoms with Crippen molar-refractivity contribution in [3.63, 3.8) is 0 Å². The maximum absolute atomic E-state index is 12.8. The molecule has 1 aromatic carbocycles. The Labute approximate surface area is 148 Å². The molecule has 1 aromatic rings. The number of anilines is 1. The van der Waals surface area contributed by atoms with Crippen LogP contribution in [0, 0.1) is 5.92 Å². The summed E-state index contributed by atoms with van der Waals surface area (Å²) in [5.74, 6) is -2.62. The van der Waals surface area contributed by atoms with Gasteiger partial charge in [0, 0.05) is 25.2 Å². The molecule has 2 saturated heterocycles. The molecule has 26 heavy (non-hydrogen) atoms. The quantitative estimate of drug-likeness (QED) is 0.615. The first-order chi connectivity index (χ1) is 12.4. The number of carboxylic acid groups (broad SMARTS) is 1. The number of piperidine rings is 1. The van der Waals surface area contributed by atoms with E-state index < -0.39 is 36.0 Å². The second-order valence-corrected chi connectivity index (χ2v) is 6.77. The van der Waals surface area contributed by atoms with Crippen molar-refractivity contribution in [2.45, 2.75) is 25.1 Å². The number of carbonyl (C=O) groups excluding carboxylic acids is 3. The summed E-state index contributed by atoms with van der Waals surface area (Å²) in [5.41, 5.74) is 1.16. The molecule has 9 heteroatoms. The van der Waals surface area contributed by atoms with Crippen molar-refractivity contribution in [3.05, 3.63) is 29.3 Å². The average molecular weight is 359 g/mol. The molecule has 0 saturated carbocycles. The number of carboxylic acids is 1. The van der Waals surface area contributed by atoms with Crippen LogP contribution >= 0.6 is 0 Å². The van der Waals surface area contributed by atoms with E-state index in [9.17, 15) is 24.3 Å². The highest BCUT2D eigenvalue weighted by atomic mass is 16.4. The van der Waals surface area contributed by atoms with E-state index in [-0.39, 0.29) is 29.9 Å². The van der Waals surface area contributed by atoms with E-state index in [1.54, 1.807) is 18.2 Å². The topological polar surface area (TPSA) is 127 Å². The van der Waals surface area contributed by atoms with Gasteiger partial charge in [0.25, 0.3) is 11.8 Å². The van der Waals surface area contributed by atoms with Gasteiger partial charge in [0.05, 0.1) is 23.1 Å². The van der Waals surface area contributed by atoms with E-state index in [1.807, 2.05) is 4.90 Å². The number of nitrogens with zero attached hydrogens (tertiary/aromatic N) is 2. The third-order valence-electron chi connectivity index (χ3n) is 5.17. The number of hydrogen-bond donors (Lipinski definition) is 3. The van der Waals surface area contributed by atoms with Gasteiger partial charge in [-0.15, -0.1) is 0 Å². The third kappa shape index (κ3) is 2.43. The van der Waals surface area contributed by atoms with Crippen molar-refractivity contribution >= 4 is 29.4 Å². The number of aliphatic carboxylic acids is 1. The lowest BCUT2D eigenvalue weighted by molar-refractivity contribution is -0.142. The highest BCUT2D eigenvalue weighted by molar-refractivity contribution is 6.22. The van der Waals surface area contributed by atoms with Crippen molar-refractivity contribution in [3.8, 4) is 0 Å². The van der Waals surface area contributed by atoms with Gasteiger partial charge in [0.15, 0.2) is 0 Å². The predicted molar refractivity (Wildman–Crippen MR) is 87.5 cm³/mol. The fourth-order valence-corrected chi connectivity index (χ4v) is 3.63. The molecule has 4 rings (SSSR count). The van der Waals surface area contributed by atoms with Crippen molar-refractivity contribution < 1.29 is 29.4 Å². The lowest BCUT2D eigenvalue weighted by atomic mass is 9.98. The molecule has 0 aliphatic carbocycles. The Bertz CT molecular complexity index is 832. The Balaban J connectivity index is 1.57. The fraction of sp³-hybridized carbons (Fsp3) is 0.412. The van der Waals surface area contributed by atoms with Gasteiger partial charge >= 0.3 is 5.97 Å². The lowest BCUT2D eigenvalue weighted by Gasteiger charge is -2.38. The molecule has 3 N–H and O–H groups in total. The maximum Gasteiger partial charge on any atom is 0.310 e. The molecular formula is C17H17N3O6. The van der Waals surface area contributed by atoms with Gasteiger partial charge in [-0.05, 0) is 24.6 Å². The summed E-state index contributed by atoms with van der Waals surface area (Å²) >= 11 is 0. The Morgan fingerprint density at radius 3 is 2.46 bits per heavy atom. The van der Waals surface area contributed by atoms with Crippen molar-refractivity contribution in [1.29, 1.82) is 0 Å². The highest BCUT2D eigenvalue weighted by Gasteiger charge is 2.45. The Kier molecular flexibility index (Phi) is 3.69. The number of imide groups is 1. The zero-order chi connectivity index (χ0) is 18.6. The molecule has 3 aliphatic rings. The molecular weight excluding hydrogens is 342 g/mol. The highest BCUT2D eigenvalue weighted by Crippen LogP contribution is 2.33. The number of carbonyl (C=O) groups is 4. The molecule has 2 fully saturated rings.